The molecule has 0 aromatic carbocycles. The van der Waals surface area contributed by atoms with Crippen LogP contribution in [0.2, 0.25) is 0 Å². The minimum atomic E-state index is -0.00499. The zero-order valence-corrected chi connectivity index (χ0v) is 14.2. The Labute approximate surface area is 134 Å². The number of alkyl halides is 1. The van der Waals surface area contributed by atoms with Gasteiger partial charge in [-0.2, -0.15) is 0 Å². The lowest BCUT2D eigenvalue weighted by molar-refractivity contribution is -0.155. The van der Waals surface area contributed by atoms with Crippen LogP contribution in [0.5, 0.6) is 0 Å². The van der Waals surface area contributed by atoms with E-state index in [1.54, 1.807) is 0 Å². The van der Waals surface area contributed by atoms with Crippen molar-refractivity contribution in [2.24, 2.45) is 22.7 Å². The number of rotatable bonds is 7. The Bertz CT molecular complexity index is 381. The first-order chi connectivity index (χ1) is 10.1. The summed E-state index contributed by atoms with van der Waals surface area (Å²) in [6.07, 6.45) is 12.2. The molecule has 0 aliphatic heterocycles. The van der Waals surface area contributed by atoms with E-state index in [1.807, 2.05) is 0 Å². The average Bonchev–Trinajstić information content (AvgIpc) is 2.39. The lowest BCUT2D eigenvalue weighted by Gasteiger charge is -2.60. The first-order valence-corrected chi connectivity index (χ1v) is 9.43. The van der Waals surface area contributed by atoms with Crippen molar-refractivity contribution >= 4 is 17.5 Å². The van der Waals surface area contributed by atoms with Crippen molar-refractivity contribution < 1.29 is 4.79 Å². The van der Waals surface area contributed by atoms with Crippen LogP contribution in [-0.4, -0.2) is 18.3 Å². The van der Waals surface area contributed by atoms with Crippen molar-refractivity contribution in [3.8, 4) is 0 Å². The number of nitrogens with one attached hydrogen (secondary N) is 1. The fourth-order valence-electron chi connectivity index (χ4n) is 5.95. The summed E-state index contributed by atoms with van der Waals surface area (Å²) in [5.41, 5.74) is 0.455. The summed E-state index contributed by atoms with van der Waals surface area (Å²) in [5.74, 6) is 2.79. The molecule has 2 unspecified atom stereocenters. The summed E-state index contributed by atoms with van der Waals surface area (Å²) in [6.45, 7) is 3.29. The molecule has 2 nitrogen and oxygen atoms in total. The van der Waals surface area contributed by atoms with Gasteiger partial charge in [0.05, 0.1) is 5.41 Å². The number of hydrogen-bond donors (Lipinski definition) is 1. The second-order valence-electron chi connectivity index (χ2n) is 8.41. The topological polar surface area (TPSA) is 29.1 Å². The first-order valence-electron chi connectivity index (χ1n) is 8.90. The van der Waals surface area contributed by atoms with Gasteiger partial charge in [-0.15, -0.1) is 11.6 Å². The largest absolute Gasteiger partial charge is 0.356 e. The van der Waals surface area contributed by atoms with Gasteiger partial charge in [-0.25, -0.2) is 0 Å². The normalized spacial score (nSPS) is 40.5. The number of unbranched alkanes of at least 4 members (excludes halogenated alkanes) is 3. The highest BCUT2D eigenvalue weighted by Gasteiger charge is 2.58. The maximum absolute atomic E-state index is 12.8. The molecule has 21 heavy (non-hydrogen) atoms. The fraction of sp³-hybridized carbons (Fsp3) is 0.944. The highest BCUT2D eigenvalue weighted by Crippen LogP contribution is 2.65. The molecule has 1 amide bonds. The molecule has 3 heteroatoms. The van der Waals surface area contributed by atoms with Gasteiger partial charge in [-0.1, -0.05) is 19.8 Å². The van der Waals surface area contributed by atoms with Gasteiger partial charge in [0, 0.05) is 12.4 Å². The molecule has 0 aromatic heterocycles. The third kappa shape index (κ3) is 3.25. The summed E-state index contributed by atoms with van der Waals surface area (Å²) in [5, 5.41) is 3.26. The zero-order chi connectivity index (χ0) is 14.9. The van der Waals surface area contributed by atoms with E-state index in [9.17, 15) is 4.79 Å². The monoisotopic (exact) mass is 311 g/mol. The molecule has 0 saturated heterocycles. The molecule has 0 aromatic rings. The van der Waals surface area contributed by atoms with Gasteiger partial charge in [-0.05, 0) is 68.6 Å². The minimum absolute atomic E-state index is 0.00499. The molecule has 4 bridgehead atoms. The molecule has 0 radical (unpaired) electrons. The quantitative estimate of drug-likeness (QED) is 0.544. The lowest BCUT2D eigenvalue weighted by Crippen LogP contribution is -2.56. The van der Waals surface area contributed by atoms with Crippen LogP contribution in [0.25, 0.3) is 0 Å². The second kappa shape index (κ2) is 6.10. The van der Waals surface area contributed by atoms with Gasteiger partial charge >= 0.3 is 0 Å². The molecule has 4 fully saturated rings. The number of amides is 1. The van der Waals surface area contributed by atoms with E-state index < -0.39 is 0 Å². The van der Waals surface area contributed by atoms with E-state index >= 15 is 0 Å². The third-order valence-corrected chi connectivity index (χ3v) is 6.45. The molecule has 0 spiro atoms. The van der Waals surface area contributed by atoms with Crippen molar-refractivity contribution in [3.63, 3.8) is 0 Å². The molecule has 120 valence electrons. The summed E-state index contributed by atoms with van der Waals surface area (Å²) in [7, 11) is 0. The summed E-state index contributed by atoms with van der Waals surface area (Å²) in [6, 6.07) is 0. The Morgan fingerprint density at radius 3 is 2.38 bits per heavy atom. The molecule has 1 N–H and O–H groups in total. The Hall–Kier alpha value is -0.240. The van der Waals surface area contributed by atoms with Crippen LogP contribution in [0.3, 0.4) is 0 Å². The van der Waals surface area contributed by atoms with Gasteiger partial charge < -0.3 is 5.32 Å². The predicted octanol–water partition coefficient (Wildman–Crippen LogP) is 4.51. The number of hydrogen-bond acceptors (Lipinski definition) is 1. The Morgan fingerprint density at radius 1 is 1.10 bits per heavy atom. The summed E-state index contributed by atoms with van der Waals surface area (Å²) < 4.78 is 0. The zero-order valence-electron chi connectivity index (χ0n) is 13.4. The predicted molar refractivity (Wildman–Crippen MR) is 87.4 cm³/mol. The second-order valence-corrected chi connectivity index (χ2v) is 8.79. The van der Waals surface area contributed by atoms with Gasteiger partial charge in [0.25, 0.3) is 0 Å². The van der Waals surface area contributed by atoms with Crippen molar-refractivity contribution in [1.82, 2.24) is 5.32 Å². The van der Waals surface area contributed by atoms with Gasteiger partial charge in [0.2, 0.25) is 5.91 Å². The minimum Gasteiger partial charge on any atom is -0.356 e. The molecule has 2 atom stereocenters. The van der Waals surface area contributed by atoms with Crippen LogP contribution in [0.1, 0.15) is 71.1 Å². The van der Waals surface area contributed by atoms with E-state index in [2.05, 4.69) is 12.2 Å². The molecular weight excluding hydrogens is 282 g/mol. The first kappa shape index (κ1) is 15.6. The van der Waals surface area contributed by atoms with E-state index in [0.717, 1.165) is 56.4 Å². The maximum Gasteiger partial charge on any atom is 0.226 e. The SMILES string of the molecule is CC12CC3CC(C1)CC(C(=O)NCCCCCCCl)(C3)C2. The van der Waals surface area contributed by atoms with Crippen molar-refractivity contribution in [2.45, 2.75) is 71.1 Å². The van der Waals surface area contributed by atoms with Crippen LogP contribution >= 0.6 is 11.6 Å². The Kier molecular flexibility index (Phi) is 4.55. The molecule has 4 saturated carbocycles. The highest BCUT2D eigenvalue weighted by atomic mass is 35.5. The molecular formula is C18H30ClNO. The number of carbonyl (C=O) groups is 1. The third-order valence-electron chi connectivity index (χ3n) is 6.18. The molecule has 0 heterocycles. The summed E-state index contributed by atoms with van der Waals surface area (Å²) >= 11 is 5.68. The smallest absolute Gasteiger partial charge is 0.226 e. The molecule has 4 rings (SSSR count). The van der Waals surface area contributed by atoms with Gasteiger partial charge in [-0.3, -0.25) is 4.79 Å². The van der Waals surface area contributed by atoms with Crippen molar-refractivity contribution in [3.05, 3.63) is 0 Å². The van der Waals surface area contributed by atoms with E-state index in [0.29, 0.717) is 11.3 Å². The van der Waals surface area contributed by atoms with Crippen molar-refractivity contribution in [2.75, 3.05) is 12.4 Å². The van der Waals surface area contributed by atoms with Crippen LogP contribution in [0.15, 0.2) is 0 Å². The van der Waals surface area contributed by atoms with E-state index in [-0.39, 0.29) is 5.41 Å². The summed E-state index contributed by atoms with van der Waals surface area (Å²) in [4.78, 5) is 12.8. The van der Waals surface area contributed by atoms with Crippen LogP contribution < -0.4 is 5.32 Å². The standard InChI is InChI=1S/C18H30ClNO/c1-17-9-14-8-15(10-17)12-18(11-14,13-17)16(21)20-7-5-3-2-4-6-19/h14-15H,2-13H2,1H3,(H,20,21). The number of carbonyl (C=O) groups excluding carboxylic acids is 1. The Balaban J connectivity index is 1.50. The van der Waals surface area contributed by atoms with Crippen molar-refractivity contribution in [1.29, 1.82) is 0 Å². The maximum atomic E-state index is 12.8. The molecule has 4 aliphatic rings. The van der Waals surface area contributed by atoms with E-state index in [1.165, 1.54) is 32.1 Å². The van der Waals surface area contributed by atoms with Crippen LogP contribution in [-0.2, 0) is 4.79 Å². The van der Waals surface area contributed by atoms with Gasteiger partial charge in [0.15, 0.2) is 0 Å². The fourth-order valence-corrected chi connectivity index (χ4v) is 6.14. The molecule has 4 aliphatic carbocycles. The Morgan fingerprint density at radius 2 is 1.76 bits per heavy atom. The lowest BCUT2D eigenvalue weighted by atomic mass is 9.44. The van der Waals surface area contributed by atoms with Crippen LogP contribution in [0.4, 0.5) is 0 Å². The van der Waals surface area contributed by atoms with E-state index in [4.69, 9.17) is 11.6 Å². The van der Waals surface area contributed by atoms with Crippen LogP contribution in [0, 0.1) is 22.7 Å². The van der Waals surface area contributed by atoms with Gasteiger partial charge in [0.1, 0.15) is 0 Å². The average molecular weight is 312 g/mol. The highest BCUT2D eigenvalue weighted by molar-refractivity contribution is 6.17. The number of halogens is 1.